The molecular weight excluding hydrogens is 517 g/mol. The average molecular weight is 554 g/mol. The maximum absolute atomic E-state index is 14.7. The highest BCUT2D eigenvalue weighted by Crippen LogP contribution is 2.37. The van der Waals surface area contributed by atoms with Crippen LogP contribution in [-0.4, -0.2) is 74.4 Å². The second kappa shape index (κ2) is 10.7. The number of piperidine rings is 1. The lowest BCUT2D eigenvalue weighted by Crippen LogP contribution is -2.56. The van der Waals surface area contributed by atoms with Crippen LogP contribution in [0.5, 0.6) is 5.75 Å². The van der Waals surface area contributed by atoms with E-state index in [4.69, 9.17) is 9.47 Å². The van der Waals surface area contributed by atoms with Crippen molar-refractivity contribution < 1.29 is 28.6 Å². The number of β-amino-alcohol motifs (C(OH)–C–C–N with tert-alkyl or cyclic N) is 1. The van der Waals surface area contributed by atoms with Crippen molar-refractivity contribution in [1.82, 2.24) is 25.2 Å². The van der Waals surface area contributed by atoms with Crippen molar-refractivity contribution in [3.05, 3.63) is 41.1 Å². The van der Waals surface area contributed by atoms with Crippen LogP contribution >= 0.6 is 0 Å². The van der Waals surface area contributed by atoms with E-state index in [0.29, 0.717) is 70.4 Å². The number of halogens is 1. The standard InChI is InChI=1S/C29H36FN5O5/c1-15-10-22(39-13-17-6-7-17)18(11-19(15)30)24-26-25(32-14-31-24)23(16(2)33-26)27(37)34-20-8-9-35(12-21(20)36)28(38)40-29(3,4)5/h10-11,14,17,20-21,33,36H,6-9,12-13H2,1-5H3,(H,34,37)/t20-,21-/m1/s1. The Morgan fingerprint density at radius 3 is 2.62 bits per heavy atom. The lowest BCUT2D eigenvalue weighted by atomic mass is 10.0. The molecule has 214 valence electrons. The topological polar surface area (TPSA) is 130 Å². The van der Waals surface area contributed by atoms with Crippen LogP contribution in [0.25, 0.3) is 22.3 Å². The predicted molar refractivity (Wildman–Crippen MR) is 147 cm³/mol. The molecule has 1 aromatic carbocycles. The molecule has 0 unspecified atom stereocenters. The first-order valence-corrected chi connectivity index (χ1v) is 13.6. The fourth-order valence-corrected chi connectivity index (χ4v) is 4.89. The number of nitrogens with zero attached hydrogens (tertiary/aromatic N) is 3. The Morgan fingerprint density at radius 2 is 1.95 bits per heavy atom. The fourth-order valence-electron chi connectivity index (χ4n) is 4.89. The highest BCUT2D eigenvalue weighted by atomic mass is 19.1. The number of carbonyl (C=O) groups excluding carboxylic acids is 2. The number of nitrogens with one attached hydrogen (secondary N) is 2. The summed E-state index contributed by atoms with van der Waals surface area (Å²) in [5.74, 6) is 0.249. The summed E-state index contributed by atoms with van der Waals surface area (Å²) in [6.07, 6.45) is 2.48. The molecule has 1 saturated heterocycles. The molecule has 3 N–H and O–H groups in total. The van der Waals surface area contributed by atoms with Crippen molar-refractivity contribution in [3.8, 4) is 17.0 Å². The Hall–Kier alpha value is -3.73. The second-order valence-electron chi connectivity index (χ2n) is 11.8. The Balaban J connectivity index is 1.38. The van der Waals surface area contributed by atoms with Crippen LogP contribution in [0.2, 0.25) is 0 Å². The van der Waals surface area contributed by atoms with E-state index in [-0.39, 0.29) is 12.4 Å². The molecule has 2 aliphatic rings. The predicted octanol–water partition coefficient (Wildman–Crippen LogP) is 4.27. The van der Waals surface area contributed by atoms with E-state index in [2.05, 4.69) is 20.3 Å². The van der Waals surface area contributed by atoms with Gasteiger partial charge in [-0.15, -0.1) is 0 Å². The number of ether oxygens (including phenoxy) is 2. The SMILES string of the molecule is Cc1cc(OCC2CC2)c(-c2ncnc3c(C(=O)N[C@@H]4CCN(C(=O)OC(C)(C)C)C[C@H]4O)c(C)[nH]c23)cc1F. The third-order valence-corrected chi connectivity index (χ3v) is 7.24. The molecule has 1 saturated carbocycles. The van der Waals surface area contributed by atoms with Crippen LogP contribution in [0, 0.1) is 25.6 Å². The van der Waals surface area contributed by atoms with Crippen molar-refractivity contribution in [3.63, 3.8) is 0 Å². The molecule has 11 heteroatoms. The van der Waals surface area contributed by atoms with Crippen LogP contribution in [0.15, 0.2) is 18.5 Å². The number of fused-ring (bicyclic) bond motifs is 1. The summed E-state index contributed by atoms with van der Waals surface area (Å²) in [7, 11) is 0. The van der Waals surface area contributed by atoms with E-state index in [1.54, 1.807) is 40.7 Å². The van der Waals surface area contributed by atoms with E-state index in [1.807, 2.05) is 0 Å². The number of aryl methyl sites for hydroxylation is 2. The van der Waals surface area contributed by atoms with Gasteiger partial charge >= 0.3 is 6.09 Å². The second-order valence-corrected chi connectivity index (χ2v) is 11.8. The van der Waals surface area contributed by atoms with Gasteiger partial charge in [0.2, 0.25) is 0 Å². The number of aliphatic hydroxyl groups excluding tert-OH is 1. The Kier molecular flexibility index (Phi) is 7.43. The molecule has 0 radical (unpaired) electrons. The fraction of sp³-hybridized carbons (Fsp3) is 0.517. The van der Waals surface area contributed by atoms with Gasteiger partial charge in [-0.1, -0.05) is 0 Å². The first kappa shape index (κ1) is 27.8. The van der Waals surface area contributed by atoms with Gasteiger partial charge in [0.25, 0.3) is 5.91 Å². The molecule has 1 aliphatic carbocycles. The number of aromatic amines is 1. The van der Waals surface area contributed by atoms with Gasteiger partial charge < -0.3 is 29.8 Å². The molecule has 0 spiro atoms. The third-order valence-electron chi connectivity index (χ3n) is 7.24. The zero-order chi connectivity index (χ0) is 28.8. The van der Waals surface area contributed by atoms with Crippen LogP contribution in [0.4, 0.5) is 9.18 Å². The molecule has 5 rings (SSSR count). The van der Waals surface area contributed by atoms with E-state index >= 15 is 0 Å². The number of aliphatic hydroxyl groups is 1. The molecule has 3 aromatic rings. The minimum atomic E-state index is -0.970. The number of carbonyl (C=O) groups is 2. The number of likely N-dealkylation sites (tertiary alicyclic amines) is 1. The summed E-state index contributed by atoms with van der Waals surface area (Å²) in [5, 5.41) is 13.6. The van der Waals surface area contributed by atoms with Crippen LogP contribution in [0.1, 0.15) is 61.6 Å². The lowest BCUT2D eigenvalue weighted by Gasteiger charge is -2.36. The van der Waals surface area contributed by atoms with Crippen molar-refractivity contribution >= 4 is 23.0 Å². The van der Waals surface area contributed by atoms with Crippen LogP contribution in [0.3, 0.4) is 0 Å². The quantitative estimate of drug-likeness (QED) is 0.416. The van der Waals surface area contributed by atoms with E-state index in [9.17, 15) is 19.1 Å². The molecule has 1 aliphatic heterocycles. The largest absolute Gasteiger partial charge is 0.493 e. The van der Waals surface area contributed by atoms with E-state index in [0.717, 1.165) is 12.8 Å². The summed E-state index contributed by atoms with van der Waals surface area (Å²) in [6.45, 7) is 9.71. The van der Waals surface area contributed by atoms with Crippen LogP contribution < -0.4 is 10.1 Å². The summed E-state index contributed by atoms with van der Waals surface area (Å²) < 4.78 is 26.2. The highest BCUT2D eigenvalue weighted by molar-refractivity contribution is 6.09. The van der Waals surface area contributed by atoms with Gasteiger partial charge in [0.1, 0.15) is 34.7 Å². The number of benzene rings is 1. The number of H-pyrrole nitrogens is 1. The minimum absolute atomic E-state index is 0.0433. The third kappa shape index (κ3) is 5.89. The number of rotatable bonds is 6. The van der Waals surface area contributed by atoms with Crippen molar-refractivity contribution in [1.29, 1.82) is 0 Å². The molecule has 2 amide bonds. The minimum Gasteiger partial charge on any atom is -0.493 e. The molecule has 3 heterocycles. The number of hydrogen-bond acceptors (Lipinski definition) is 7. The van der Waals surface area contributed by atoms with Crippen molar-refractivity contribution in [2.24, 2.45) is 5.92 Å². The zero-order valence-electron chi connectivity index (χ0n) is 23.5. The van der Waals surface area contributed by atoms with Crippen molar-refractivity contribution in [2.75, 3.05) is 19.7 Å². The Labute approximate surface area is 232 Å². The van der Waals surface area contributed by atoms with Gasteiger partial charge in [-0.3, -0.25) is 4.79 Å². The lowest BCUT2D eigenvalue weighted by molar-refractivity contribution is -0.00408. The Morgan fingerprint density at radius 1 is 1.20 bits per heavy atom. The first-order valence-electron chi connectivity index (χ1n) is 13.6. The van der Waals surface area contributed by atoms with Gasteiger partial charge in [-0.2, -0.15) is 0 Å². The Bertz CT molecular complexity index is 1440. The van der Waals surface area contributed by atoms with Gasteiger partial charge in [0, 0.05) is 17.8 Å². The number of aromatic nitrogens is 3. The molecule has 10 nitrogen and oxygen atoms in total. The van der Waals surface area contributed by atoms with Gasteiger partial charge in [-0.05, 0) is 77.5 Å². The smallest absolute Gasteiger partial charge is 0.410 e. The molecular formula is C29H36FN5O5. The monoisotopic (exact) mass is 553 g/mol. The van der Waals surface area contributed by atoms with Crippen molar-refractivity contribution in [2.45, 2.75) is 71.6 Å². The molecule has 2 fully saturated rings. The summed E-state index contributed by atoms with van der Waals surface area (Å²) in [6, 6.07) is 2.52. The molecule has 2 aromatic heterocycles. The maximum Gasteiger partial charge on any atom is 0.410 e. The van der Waals surface area contributed by atoms with E-state index in [1.165, 1.54) is 17.3 Å². The number of hydrogen-bond donors (Lipinski definition) is 3. The maximum atomic E-state index is 14.7. The molecule has 40 heavy (non-hydrogen) atoms. The normalized spacial score (nSPS) is 19.5. The first-order chi connectivity index (χ1) is 18.9. The summed E-state index contributed by atoms with van der Waals surface area (Å²) >= 11 is 0. The zero-order valence-corrected chi connectivity index (χ0v) is 23.5. The summed E-state index contributed by atoms with van der Waals surface area (Å²) in [4.78, 5) is 39.3. The van der Waals surface area contributed by atoms with Gasteiger partial charge in [-0.25, -0.2) is 19.2 Å². The molecule has 2 atom stereocenters. The number of amides is 2. The van der Waals surface area contributed by atoms with E-state index < -0.39 is 29.7 Å². The highest BCUT2D eigenvalue weighted by Gasteiger charge is 2.34. The average Bonchev–Trinajstić information content (AvgIpc) is 3.64. The van der Waals surface area contributed by atoms with Crippen LogP contribution in [-0.2, 0) is 4.74 Å². The summed E-state index contributed by atoms with van der Waals surface area (Å²) in [5.41, 5.74) is 2.49. The van der Waals surface area contributed by atoms with Gasteiger partial charge in [0.15, 0.2) is 0 Å². The van der Waals surface area contributed by atoms with Gasteiger partial charge in [0.05, 0.1) is 36.4 Å². The molecule has 0 bridgehead atoms.